The van der Waals surface area contributed by atoms with Crippen LogP contribution in [0.4, 0.5) is 0 Å². The molecule has 4 heteroatoms. The molecule has 17 heavy (non-hydrogen) atoms. The minimum absolute atomic E-state index is 0.371. The van der Waals surface area contributed by atoms with E-state index < -0.39 is 0 Å². The van der Waals surface area contributed by atoms with Crippen molar-refractivity contribution in [2.45, 2.75) is 26.7 Å². The van der Waals surface area contributed by atoms with Crippen LogP contribution in [0, 0.1) is 6.92 Å². The summed E-state index contributed by atoms with van der Waals surface area (Å²) in [6.45, 7) is 3.18. The number of ether oxygens (including phenoxy) is 1. The number of aromatic nitrogens is 1. The van der Waals surface area contributed by atoms with Crippen LogP contribution in [-0.4, -0.2) is 4.98 Å². The minimum atomic E-state index is 0.371. The highest BCUT2D eigenvalue weighted by Crippen LogP contribution is 2.11. The zero-order valence-corrected chi connectivity index (χ0v) is 9.85. The fraction of sp³-hybridized carbons (Fsp3) is 0.308. The molecule has 0 bridgehead atoms. The smallest absolute Gasteiger partial charge is 0.220 e. The van der Waals surface area contributed by atoms with E-state index in [1.54, 1.807) is 0 Å². The first-order valence-corrected chi connectivity index (χ1v) is 5.56. The molecule has 0 saturated carbocycles. The van der Waals surface area contributed by atoms with Gasteiger partial charge in [-0.05, 0) is 12.5 Å². The second kappa shape index (κ2) is 5.61. The van der Waals surface area contributed by atoms with Crippen LogP contribution in [-0.2, 0) is 24.5 Å². The number of hydrogen-bond donors (Lipinski definition) is 1. The summed E-state index contributed by atoms with van der Waals surface area (Å²) in [6.07, 6.45) is 0. The van der Waals surface area contributed by atoms with Crippen molar-refractivity contribution in [2.75, 3.05) is 0 Å². The minimum Gasteiger partial charge on any atom is -0.442 e. The van der Waals surface area contributed by atoms with Crippen molar-refractivity contribution < 1.29 is 9.15 Å². The molecule has 0 radical (unpaired) electrons. The first-order valence-electron chi connectivity index (χ1n) is 5.56. The predicted molar refractivity (Wildman–Crippen MR) is 64.1 cm³/mol. The van der Waals surface area contributed by atoms with Crippen molar-refractivity contribution in [1.29, 1.82) is 0 Å². The van der Waals surface area contributed by atoms with Gasteiger partial charge < -0.3 is 14.9 Å². The molecule has 1 aromatic heterocycles. The maximum atomic E-state index is 5.52. The van der Waals surface area contributed by atoms with E-state index in [9.17, 15) is 0 Å². The molecule has 4 nitrogen and oxygen atoms in total. The van der Waals surface area contributed by atoms with Crippen LogP contribution in [0.15, 0.2) is 34.7 Å². The largest absolute Gasteiger partial charge is 0.442 e. The zero-order valence-electron chi connectivity index (χ0n) is 9.85. The lowest BCUT2D eigenvalue weighted by molar-refractivity contribution is 0.0887. The fourth-order valence-electron chi connectivity index (χ4n) is 1.57. The van der Waals surface area contributed by atoms with E-state index in [-0.39, 0.29) is 0 Å². The van der Waals surface area contributed by atoms with Gasteiger partial charge in [0.1, 0.15) is 12.4 Å². The lowest BCUT2D eigenvalue weighted by Crippen LogP contribution is -1.95. The van der Waals surface area contributed by atoms with Gasteiger partial charge in [0.2, 0.25) is 5.89 Å². The molecule has 0 spiro atoms. The molecule has 0 aliphatic carbocycles. The van der Waals surface area contributed by atoms with Gasteiger partial charge >= 0.3 is 0 Å². The molecule has 1 aromatic carbocycles. The zero-order chi connectivity index (χ0) is 12.1. The lowest BCUT2D eigenvalue weighted by atomic mass is 10.2. The van der Waals surface area contributed by atoms with E-state index in [4.69, 9.17) is 14.9 Å². The number of benzene rings is 1. The summed E-state index contributed by atoms with van der Waals surface area (Å²) in [7, 11) is 0. The van der Waals surface area contributed by atoms with Crippen molar-refractivity contribution in [2.24, 2.45) is 5.73 Å². The Kier molecular flexibility index (Phi) is 3.90. The van der Waals surface area contributed by atoms with Gasteiger partial charge in [-0.2, -0.15) is 0 Å². The first-order chi connectivity index (χ1) is 8.29. The Labute approximate surface area is 100 Å². The van der Waals surface area contributed by atoms with E-state index >= 15 is 0 Å². The summed E-state index contributed by atoms with van der Waals surface area (Å²) >= 11 is 0. The molecule has 0 fully saturated rings. The van der Waals surface area contributed by atoms with Crippen molar-refractivity contribution in [3.05, 3.63) is 53.2 Å². The van der Waals surface area contributed by atoms with Gasteiger partial charge in [-0.15, -0.1) is 0 Å². The Hall–Kier alpha value is -1.65. The maximum Gasteiger partial charge on any atom is 0.220 e. The SMILES string of the molecule is Cc1nc(COCc2ccccc2)oc1CN. The van der Waals surface area contributed by atoms with Crippen LogP contribution in [0.5, 0.6) is 0 Å². The molecule has 0 amide bonds. The van der Waals surface area contributed by atoms with Crippen LogP contribution < -0.4 is 5.73 Å². The topological polar surface area (TPSA) is 61.3 Å². The molecule has 2 rings (SSSR count). The average molecular weight is 232 g/mol. The summed E-state index contributed by atoms with van der Waals surface area (Å²) in [5.74, 6) is 1.31. The Morgan fingerprint density at radius 2 is 2.00 bits per heavy atom. The first kappa shape index (κ1) is 11.8. The number of nitrogens with two attached hydrogens (primary N) is 1. The number of oxazole rings is 1. The summed E-state index contributed by atoms with van der Waals surface area (Å²) in [5, 5.41) is 0. The standard InChI is InChI=1S/C13H16N2O2/c1-10-12(7-14)17-13(15-10)9-16-8-11-5-3-2-4-6-11/h2-6H,7-9,14H2,1H3. The molecule has 0 saturated heterocycles. The number of hydrogen-bond acceptors (Lipinski definition) is 4. The highest BCUT2D eigenvalue weighted by molar-refractivity contribution is 5.13. The van der Waals surface area contributed by atoms with Gasteiger partial charge in [0.05, 0.1) is 18.8 Å². The Morgan fingerprint density at radius 3 is 2.65 bits per heavy atom. The molecular formula is C13H16N2O2. The third-order valence-electron chi connectivity index (χ3n) is 2.46. The van der Waals surface area contributed by atoms with Crippen molar-refractivity contribution in [1.82, 2.24) is 4.98 Å². The van der Waals surface area contributed by atoms with E-state index in [1.807, 2.05) is 37.3 Å². The number of aryl methyl sites for hydroxylation is 1. The van der Waals surface area contributed by atoms with Gasteiger partial charge in [0.15, 0.2) is 0 Å². The molecule has 0 aliphatic rings. The number of nitrogens with zero attached hydrogens (tertiary/aromatic N) is 1. The molecule has 1 heterocycles. The summed E-state index contributed by atoms with van der Waals surface area (Å²) in [6, 6.07) is 9.99. The highest BCUT2D eigenvalue weighted by Gasteiger charge is 2.07. The Balaban J connectivity index is 1.86. The Morgan fingerprint density at radius 1 is 1.24 bits per heavy atom. The molecule has 0 unspecified atom stereocenters. The molecule has 2 N–H and O–H groups in total. The molecular weight excluding hydrogens is 216 g/mol. The lowest BCUT2D eigenvalue weighted by Gasteiger charge is -2.01. The average Bonchev–Trinajstić information content (AvgIpc) is 2.71. The van der Waals surface area contributed by atoms with E-state index in [0.717, 1.165) is 17.0 Å². The van der Waals surface area contributed by atoms with Crippen LogP contribution in [0.1, 0.15) is 22.9 Å². The van der Waals surface area contributed by atoms with E-state index in [0.29, 0.717) is 25.6 Å². The monoisotopic (exact) mass is 232 g/mol. The predicted octanol–water partition coefficient (Wildman–Crippen LogP) is 2.16. The summed E-state index contributed by atoms with van der Waals surface area (Å²) < 4.78 is 11.0. The fourth-order valence-corrected chi connectivity index (χ4v) is 1.57. The second-order valence-electron chi connectivity index (χ2n) is 3.80. The van der Waals surface area contributed by atoms with Gasteiger partial charge in [-0.25, -0.2) is 4.98 Å². The van der Waals surface area contributed by atoms with E-state index in [2.05, 4.69) is 4.98 Å². The Bertz CT molecular complexity index is 466. The second-order valence-corrected chi connectivity index (χ2v) is 3.80. The van der Waals surface area contributed by atoms with Crippen LogP contribution in [0.25, 0.3) is 0 Å². The molecule has 0 aliphatic heterocycles. The van der Waals surface area contributed by atoms with Crippen LogP contribution in [0.2, 0.25) is 0 Å². The van der Waals surface area contributed by atoms with Gasteiger partial charge in [0, 0.05) is 0 Å². The van der Waals surface area contributed by atoms with Crippen LogP contribution >= 0.6 is 0 Å². The summed E-state index contributed by atoms with van der Waals surface area (Å²) in [5.41, 5.74) is 7.48. The molecule has 90 valence electrons. The molecule has 0 atom stereocenters. The normalized spacial score (nSPS) is 10.7. The quantitative estimate of drug-likeness (QED) is 0.858. The van der Waals surface area contributed by atoms with Crippen molar-refractivity contribution in [3.63, 3.8) is 0 Å². The van der Waals surface area contributed by atoms with Gasteiger partial charge in [-0.1, -0.05) is 30.3 Å². The highest BCUT2D eigenvalue weighted by atomic mass is 16.5. The maximum absolute atomic E-state index is 5.52. The van der Waals surface area contributed by atoms with Crippen LogP contribution in [0.3, 0.4) is 0 Å². The third-order valence-corrected chi connectivity index (χ3v) is 2.46. The van der Waals surface area contributed by atoms with Crippen molar-refractivity contribution >= 4 is 0 Å². The third kappa shape index (κ3) is 3.15. The van der Waals surface area contributed by atoms with Gasteiger partial charge in [-0.3, -0.25) is 0 Å². The summed E-state index contributed by atoms with van der Waals surface area (Å²) in [4.78, 5) is 4.24. The van der Waals surface area contributed by atoms with E-state index in [1.165, 1.54) is 0 Å². The molecule has 2 aromatic rings. The van der Waals surface area contributed by atoms with Gasteiger partial charge in [0.25, 0.3) is 0 Å². The number of rotatable bonds is 5. The van der Waals surface area contributed by atoms with Crippen molar-refractivity contribution in [3.8, 4) is 0 Å².